The Balaban J connectivity index is 1.27. The van der Waals surface area contributed by atoms with Gasteiger partial charge in [0.25, 0.3) is 0 Å². The number of nitrogens with zero attached hydrogens (tertiary/aromatic N) is 4. The largest absolute Gasteiger partial charge is 0.476 e. The van der Waals surface area contributed by atoms with Crippen molar-refractivity contribution in [3.63, 3.8) is 0 Å². The number of carbonyl (C=O) groups is 1. The molecular formula is C19H26N4O2. The number of aryl methyl sites for hydroxylation is 1. The maximum absolute atomic E-state index is 12.5. The summed E-state index contributed by atoms with van der Waals surface area (Å²) < 4.78 is 7.64. The summed E-state index contributed by atoms with van der Waals surface area (Å²) in [5, 5.41) is 4.44. The van der Waals surface area contributed by atoms with Gasteiger partial charge in [-0.05, 0) is 43.6 Å². The number of hydrogen-bond donors (Lipinski definition) is 0. The molecule has 4 rings (SSSR count). The van der Waals surface area contributed by atoms with Crippen LogP contribution in [0.1, 0.15) is 38.8 Å². The lowest BCUT2D eigenvalue weighted by Gasteiger charge is -2.32. The van der Waals surface area contributed by atoms with Crippen molar-refractivity contribution in [1.29, 1.82) is 0 Å². The van der Waals surface area contributed by atoms with Crippen LogP contribution in [0.4, 0.5) is 0 Å². The smallest absolute Gasteiger partial charge is 0.231 e. The molecule has 6 heteroatoms. The highest BCUT2D eigenvalue weighted by atomic mass is 16.5. The summed E-state index contributed by atoms with van der Waals surface area (Å²) in [7, 11) is 0. The second kappa shape index (κ2) is 6.00. The van der Waals surface area contributed by atoms with Crippen LogP contribution in [0.3, 0.4) is 0 Å². The number of ether oxygens (including phenoxy) is 1. The standard InChI is InChI=1S/C19H26N4O2/c1-13-11-23-16(20-13)4-5-17(21-23)25-12-14-6-8-22(9-7-14)18(24)15-10-19(15,2)3/h4-5,11,14-15H,6-10,12H2,1-3H3. The summed E-state index contributed by atoms with van der Waals surface area (Å²) in [5.41, 5.74) is 1.99. The van der Waals surface area contributed by atoms with Gasteiger partial charge in [-0.25, -0.2) is 9.50 Å². The minimum Gasteiger partial charge on any atom is -0.476 e. The van der Waals surface area contributed by atoms with Crippen molar-refractivity contribution in [2.45, 2.75) is 40.0 Å². The van der Waals surface area contributed by atoms with Crippen LogP contribution in [0.2, 0.25) is 0 Å². The number of fused-ring (bicyclic) bond motifs is 1. The molecule has 3 heterocycles. The van der Waals surface area contributed by atoms with Gasteiger partial charge in [0.2, 0.25) is 11.8 Å². The predicted molar refractivity (Wildman–Crippen MR) is 94.4 cm³/mol. The van der Waals surface area contributed by atoms with Gasteiger partial charge in [-0.1, -0.05) is 13.8 Å². The van der Waals surface area contributed by atoms with Crippen LogP contribution in [-0.4, -0.2) is 45.1 Å². The van der Waals surface area contributed by atoms with Crippen LogP contribution >= 0.6 is 0 Å². The third-order valence-corrected chi connectivity index (χ3v) is 5.62. The highest BCUT2D eigenvalue weighted by Crippen LogP contribution is 2.52. The van der Waals surface area contributed by atoms with E-state index in [2.05, 4.69) is 28.8 Å². The monoisotopic (exact) mass is 342 g/mol. The fourth-order valence-corrected chi connectivity index (χ4v) is 3.69. The topological polar surface area (TPSA) is 59.7 Å². The fraction of sp³-hybridized carbons (Fsp3) is 0.632. The number of amides is 1. The first-order chi connectivity index (χ1) is 11.9. The molecule has 0 bridgehead atoms. The van der Waals surface area contributed by atoms with E-state index in [1.54, 1.807) is 4.52 Å². The third-order valence-electron chi connectivity index (χ3n) is 5.62. The highest BCUT2D eigenvalue weighted by molar-refractivity contribution is 5.82. The van der Waals surface area contributed by atoms with E-state index in [4.69, 9.17) is 4.74 Å². The average Bonchev–Trinajstić information content (AvgIpc) is 3.06. The van der Waals surface area contributed by atoms with E-state index in [1.807, 2.05) is 25.3 Å². The van der Waals surface area contributed by atoms with Crippen molar-refractivity contribution < 1.29 is 9.53 Å². The zero-order valence-corrected chi connectivity index (χ0v) is 15.2. The quantitative estimate of drug-likeness (QED) is 0.857. The second-order valence-electron chi connectivity index (χ2n) is 8.18. The van der Waals surface area contributed by atoms with Crippen LogP contribution in [0.25, 0.3) is 5.65 Å². The lowest BCUT2D eigenvalue weighted by molar-refractivity contribution is -0.134. The van der Waals surface area contributed by atoms with Gasteiger partial charge in [0.1, 0.15) is 0 Å². The summed E-state index contributed by atoms with van der Waals surface area (Å²) >= 11 is 0. The zero-order chi connectivity index (χ0) is 17.6. The number of carbonyl (C=O) groups excluding carboxylic acids is 1. The van der Waals surface area contributed by atoms with E-state index < -0.39 is 0 Å². The molecule has 1 aliphatic heterocycles. The SMILES string of the molecule is Cc1cn2nc(OCC3CCN(C(=O)C4CC4(C)C)CC3)ccc2n1. The predicted octanol–water partition coefficient (Wildman–Crippen LogP) is 2.70. The van der Waals surface area contributed by atoms with E-state index >= 15 is 0 Å². The Hall–Kier alpha value is -2.11. The Morgan fingerprint density at radius 2 is 2.04 bits per heavy atom. The molecule has 1 atom stereocenters. The lowest BCUT2D eigenvalue weighted by atomic mass is 9.97. The van der Waals surface area contributed by atoms with E-state index in [1.165, 1.54) is 0 Å². The Bertz CT molecular complexity index is 790. The van der Waals surface area contributed by atoms with Crippen molar-refractivity contribution in [3.8, 4) is 5.88 Å². The summed E-state index contributed by atoms with van der Waals surface area (Å²) in [6, 6.07) is 3.80. The Kier molecular flexibility index (Phi) is 3.93. The van der Waals surface area contributed by atoms with Crippen molar-refractivity contribution >= 4 is 11.6 Å². The molecule has 0 N–H and O–H groups in total. The molecule has 2 fully saturated rings. The number of likely N-dealkylation sites (tertiary alicyclic amines) is 1. The van der Waals surface area contributed by atoms with Gasteiger partial charge in [-0.15, -0.1) is 5.10 Å². The van der Waals surface area contributed by atoms with Crippen molar-refractivity contribution in [2.24, 2.45) is 17.3 Å². The van der Waals surface area contributed by atoms with Gasteiger partial charge >= 0.3 is 0 Å². The molecule has 2 aromatic heterocycles. The van der Waals surface area contributed by atoms with Gasteiger partial charge in [-0.2, -0.15) is 0 Å². The van der Waals surface area contributed by atoms with Crippen LogP contribution < -0.4 is 4.74 Å². The molecule has 2 aliphatic rings. The minimum absolute atomic E-state index is 0.215. The van der Waals surface area contributed by atoms with Gasteiger partial charge in [0, 0.05) is 25.1 Å². The van der Waals surface area contributed by atoms with Crippen molar-refractivity contribution in [1.82, 2.24) is 19.5 Å². The maximum Gasteiger partial charge on any atom is 0.231 e. The average molecular weight is 342 g/mol. The number of aromatic nitrogens is 3. The Labute approximate surface area is 148 Å². The fourth-order valence-electron chi connectivity index (χ4n) is 3.69. The molecule has 1 unspecified atom stereocenters. The van der Waals surface area contributed by atoms with Crippen LogP contribution in [0.15, 0.2) is 18.3 Å². The number of imidazole rings is 1. The summed E-state index contributed by atoms with van der Waals surface area (Å²) in [5.74, 6) is 1.71. The molecule has 0 radical (unpaired) electrons. The molecule has 0 aromatic carbocycles. The summed E-state index contributed by atoms with van der Waals surface area (Å²) in [6.07, 6.45) is 4.94. The Morgan fingerprint density at radius 1 is 1.32 bits per heavy atom. The number of rotatable bonds is 4. The minimum atomic E-state index is 0.215. The van der Waals surface area contributed by atoms with Gasteiger partial charge in [0.15, 0.2) is 5.65 Å². The van der Waals surface area contributed by atoms with E-state index in [0.717, 1.165) is 43.7 Å². The molecule has 1 aliphatic carbocycles. The summed E-state index contributed by atoms with van der Waals surface area (Å²) in [4.78, 5) is 18.9. The first kappa shape index (κ1) is 16.4. The van der Waals surface area contributed by atoms with Gasteiger partial charge in [0.05, 0.1) is 18.5 Å². The van der Waals surface area contributed by atoms with Crippen LogP contribution in [0, 0.1) is 24.2 Å². The molecule has 6 nitrogen and oxygen atoms in total. The third kappa shape index (κ3) is 3.34. The normalized spacial score (nSPS) is 23.0. The lowest BCUT2D eigenvalue weighted by Crippen LogP contribution is -2.41. The van der Waals surface area contributed by atoms with Crippen LogP contribution in [-0.2, 0) is 4.79 Å². The van der Waals surface area contributed by atoms with Crippen LogP contribution in [0.5, 0.6) is 5.88 Å². The first-order valence-electron chi connectivity index (χ1n) is 9.17. The van der Waals surface area contributed by atoms with E-state index in [-0.39, 0.29) is 11.3 Å². The van der Waals surface area contributed by atoms with Gasteiger partial charge < -0.3 is 9.64 Å². The number of piperidine rings is 1. The molecular weight excluding hydrogens is 316 g/mol. The zero-order valence-electron chi connectivity index (χ0n) is 15.2. The van der Waals surface area contributed by atoms with E-state index in [0.29, 0.717) is 24.3 Å². The molecule has 25 heavy (non-hydrogen) atoms. The molecule has 1 amide bonds. The molecule has 0 spiro atoms. The first-order valence-corrected chi connectivity index (χ1v) is 9.17. The van der Waals surface area contributed by atoms with Crippen molar-refractivity contribution in [2.75, 3.05) is 19.7 Å². The van der Waals surface area contributed by atoms with Gasteiger partial charge in [-0.3, -0.25) is 4.79 Å². The molecule has 134 valence electrons. The van der Waals surface area contributed by atoms with Crippen molar-refractivity contribution in [3.05, 3.63) is 24.0 Å². The maximum atomic E-state index is 12.5. The molecule has 1 saturated carbocycles. The second-order valence-corrected chi connectivity index (χ2v) is 8.18. The van der Waals surface area contributed by atoms with E-state index in [9.17, 15) is 4.79 Å². The summed E-state index contributed by atoms with van der Waals surface area (Å²) in [6.45, 7) is 8.68. The molecule has 1 saturated heterocycles. The molecule has 2 aromatic rings. The Morgan fingerprint density at radius 3 is 2.72 bits per heavy atom. The number of hydrogen-bond acceptors (Lipinski definition) is 4. The highest BCUT2D eigenvalue weighted by Gasteiger charge is 2.52.